The molecule has 1 saturated carbocycles. The molecule has 29 heavy (non-hydrogen) atoms. The molecule has 1 aliphatic carbocycles. The number of para-hydroxylation sites is 1. The van der Waals surface area contributed by atoms with Crippen LogP contribution < -0.4 is 10.1 Å². The van der Waals surface area contributed by atoms with Gasteiger partial charge in [0.05, 0.1) is 19.3 Å². The van der Waals surface area contributed by atoms with Crippen LogP contribution in [0.25, 0.3) is 0 Å². The van der Waals surface area contributed by atoms with Gasteiger partial charge in [-0.3, -0.25) is 0 Å². The number of hydrogen-bond acceptors (Lipinski definition) is 3. The van der Waals surface area contributed by atoms with Crippen molar-refractivity contribution in [2.75, 3.05) is 31.7 Å². The van der Waals surface area contributed by atoms with E-state index in [0.29, 0.717) is 31.4 Å². The highest BCUT2D eigenvalue weighted by molar-refractivity contribution is 5.90. The number of amides is 2. The molecule has 2 fully saturated rings. The molecule has 3 aliphatic rings. The van der Waals surface area contributed by atoms with Gasteiger partial charge in [-0.05, 0) is 49.1 Å². The van der Waals surface area contributed by atoms with Gasteiger partial charge in [-0.1, -0.05) is 18.2 Å². The summed E-state index contributed by atoms with van der Waals surface area (Å²) in [6, 6.07) is 13.6. The summed E-state index contributed by atoms with van der Waals surface area (Å²) in [5, 5.41) is 2.92. The molecule has 152 valence electrons. The van der Waals surface area contributed by atoms with E-state index in [1.54, 1.807) is 12.1 Å². The Morgan fingerprint density at radius 3 is 2.72 bits per heavy atom. The number of likely N-dealkylation sites (tertiary alicyclic amines) is 1. The van der Waals surface area contributed by atoms with Crippen molar-refractivity contribution in [2.45, 2.75) is 18.9 Å². The largest absolute Gasteiger partial charge is 0.493 e. The van der Waals surface area contributed by atoms with Crippen LogP contribution in [0, 0.1) is 23.6 Å². The van der Waals surface area contributed by atoms with Crippen LogP contribution in [0.1, 0.15) is 24.4 Å². The lowest BCUT2D eigenvalue weighted by atomic mass is 9.86. The number of benzene rings is 2. The van der Waals surface area contributed by atoms with E-state index in [2.05, 4.69) is 5.32 Å². The van der Waals surface area contributed by atoms with Gasteiger partial charge >= 0.3 is 6.03 Å². The summed E-state index contributed by atoms with van der Waals surface area (Å²) in [7, 11) is 0. The van der Waals surface area contributed by atoms with E-state index in [1.807, 2.05) is 29.2 Å². The molecule has 6 heteroatoms. The van der Waals surface area contributed by atoms with E-state index in [1.165, 1.54) is 25.0 Å². The number of hydrogen-bond donors (Lipinski definition) is 1. The second-order valence-corrected chi connectivity index (χ2v) is 8.29. The third kappa shape index (κ3) is 3.81. The smallest absolute Gasteiger partial charge is 0.322 e. The van der Waals surface area contributed by atoms with Gasteiger partial charge in [-0.25, -0.2) is 9.18 Å². The first-order valence-corrected chi connectivity index (χ1v) is 10.3. The number of ether oxygens (including phenoxy) is 2. The minimum atomic E-state index is -0.324. The molecule has 5 nitrogen and oxygen atoms in total. The molecule has 2 amide bonds. The SMILES string of the molecule is O=C(Nc1ccc(F)cc1)N1C[C@@H](COCC2CC2)[C@@H]2COc3ccccc3[C@@H]21. The Hall–Kier alpha value is -2.60. The summed E-state index contributed by atoms with van der Waals surface area (Å²) in [6.45, 7) is 2.65. The van der Waals surface area contributed by atoms with Crippen molar-refractivity contribution in [3.05, 3.63) is 59.9 Å². The second kappa shape index (κ2) is 7.67. The molecule has 0 unspecified atom stereocenters. The Balaban J connectivity index is 1.36. The van der Waals surface area contributed by atoms with E-state index in [0.717, 1.165) is 17.9 Å². The fourth-order valence-electron chi connectivity index (χ4n) is 4.44. The summed E-state index contributed by atoms with van der Waals surface area (Å²) in [6.07, 6.45) is 2.53. The third-order valence-corrected chi connectivity index (χ3v) is 6.19. The van der Waals surface area contributed by atoms with Gasteiger partial charge in [-0.2, -0.15) is 0 Å². The molecule has 5 rings (SSSR count). The maximum atomic E-state index is 13.2. The molecule has 0 bridgehead atoms. The van der Waals surface area contributed by atoms with Crippen LogP contribution in [0.2, 0.25) is 0 Å². The number of halogens is 1. The van der Waals surface area contributed by atoms with Crippen LogP contribution in [0.3, 0.4) is 0 Å². The predicted octanol–water partition coefficient (Wildman–Crippen LogP) is 4.47. The minimum Gasteiger partial charge on any atom is -0.493 e. The van der Waals surface area contributed by atoms with Crippen molar-refractivity contribution >= 4 is 11.7 Å². The van der Waals surface area contributed by atoms with Crippen molar-refractivity contribution in [3.63, 3.8) is 0 Å². The van der Waals surface area contributed by atoms with Gasteiger partial charge in [0, 0.05) is 36.2 Å². The monoisotopic (exact) mass is 396 g/mol. The molecule has 1 saturated heterocycles. The molecular weight excluding hydrogens is 371 g/mol. The lowest BCUT2D eigenvalue weighted by Crippen LogP contribution is -2.38. The summed E-state index contributed by atoms with van der Waals surface area (Å²) >= 11 is 0. The zero-order chi connectivity index (χ0) is 19.8. The normalized spacial score (nSPS) is 25.1. The van der Waals surface area contributed by atoms with Crippen molar-refractivity contribution in [2.24, 2.45) is 17.8 Å². The molecular formula is C23H25FN2O3. The van der Waals surface area contributed by atoms with Crippen LogP contribution >= 0.6 is 0 Å². The number of rotatable bonds is 5. The number of nitrogens with one attached hydrogen (secondary N) is 1. The van der Waals surface area contributed by atoms with Crippen molar-refractivity contribution in [3.8, 4) is 5.75 Å². The molecule has 2 heterocycles. The molecule has 0 radical (unpaired) electrons. The number of anilines is 1. The maximum absolute atomic E-state index is 13.2. The lowest BCUT2D eigenvalue weighted by Gasteiger charge is -2.34. The summed E-state index contributed by atoms with van der Waals surface area (Å²) in [4.78, 5) is 15.0. The van der Waals surface area contributed by atoms with E-state index >= 15 is 0 Å². The van der Waals surface area contributed by atoms with E-state index in [-0.39, 0.29) is 29.7 Å². The molecule has 0 aromatic heterocycles. The zero-order valence-corrected chi connectivity index (χ0v) is 16.2. The first-order chi connectivity index (χ1) is 14.2. The minimum absolute atomic E-state index is 0.0464. The lowest BCUT2D eigenvalue weighted by molar-refractivity contribution is 0.0644. The van der Waals surface area contributed by atoms with Crippen LogP contribution in [0.15, 0.2) is 48.5 Å². The third-order valence-electron chi connectivity index (χ3n) is 6.19. The Morgan fingerprint density at radius 1 is 1.14 bits per heavy atom. The van der Waals surface area contributed by atoms with E-state index in [4.69, 9.17) is 9.47 Å². The summed E-state index contributed by atoms with van der Waals surface area (Å²) < 4.78 is 25.2. The molecule has 2 aromatic carbocycles. The average Bonchev–Trinajstić information content (AvgIpc) is 3.48. The predicted molar refractivity (Wildman–Crippen MR) is 107 cm³/mol. The summed E-state index contributed by atoms with van der Waals surface area (Å²) in [5.41, 5.74) is 1.63. The first-order valence-electron chi connectivity index (χ1n) is 10.3. The Bertz CT molecular complexity index is 884. The first kappa shape index (κ1) is 18.4. The molecule has 0 spiro atoms. The Labute approximate surface area is 169 Å². The van der Waals surface area contributed by atoms with Crippen molar-refractivity contribution < 1.29 is 18.7 Å². The van der Waals surface area contributed by atoms with Gasteiger partial charge in [0.25, 0.3) is 0 Å². The van der Waals surface area contributed by atoms with Crippen LogP contribution in [-0.4, -0.2) is 37.3 Å². The average molecular weight is 396 g/mol. The fraction of sp³-hybridized carbons (Fsp3) is 0.435. The number of nitrogens with zero attached hydrogens (tertiary/aromatic N) is 1. The molecule has 1 N–H and O–H groups in total. The topological polar surface area (TPSA) is 50.8 Å². The number of urea groups is 1. The zero-order valence-electron chi connectivity index (χ0n) is 16.2. The van der Waals surface area contributed by atoms with E-state index in [9.17, 15) is 9.18 Å². The van der Waals surface area contributed by atoms with Crippen LogP contribution in [-0.2, 0) is 4.74 Å². The summed E-state index contributed by atoms with van der Waals surface area (Å²) in [5.74, 6) is 1.66. The van der Waals surface area contributed by atoms with Crippen molar-refractivity contribution in [1.29, 1.82) is 0 Å². The molecule has 2 aliphatic heterocycles. The van der Waals surface area contributed by atoms with Gasteiger partial charge in [-0.15, -0.1) is 0 Å². The van der Waals surface area contributed by atoms with Gasteiger partial charge in [0.1, 0.15) is 11.6 Å². The number of carbonyl (C=O) groups is 1. The highest BCUT2D eigenvalue weighted by atomic mass is 19.1. The molecule has 3 atom stereocenters. The standard InChI is InChI=1S/C23H25FN2O3/c24-17-7-9-18(10-8-17)25-23(27)26-11-16(13-28-12-15-5-6-15)20-14-29-21-4-2-1-3-19(21)22(20)26/h1-4,7-10,15-16,20,22H,5-6,11-14H2,(H,25,27)/t16-,20-,22-/m0/s1. The molecule has 2 aromatic rings. The van der Waals surface area contributed by atoms with Gasteiger partial charge in [0.2, 0.25) is 0 Å². The van der Waals surface area contributed by atoms with Gasteiger partial charge in [0.15, 0.2) is 0 Å². The number of fused-ring (bicyclic) bond motifs is 3. The van der Waals surface area contributed by atoms with Crippen LogP contribution in [0.4, 0.5) is 14.9 Å². The van der Waals surface area contributed by atoms with Crippen molar-refractivity contribution in [1.82, 2.24) is 4.90 Å². The van der Waals surface area contributed by atoms with Crippen LogP contribution in [0.5, 0.6) is 5.75 Å². The Morgan fingerprint density at radius 2 is 1.93 bits per heavy atom. The highest BCUT2D eigenvalue weighted by Gasteiger charge is 2.48. The Kier molecular flexibility index (Phi) is 4.87. The quantitative estimate of drug-likeness (QED) is 0.812. The van der Waals surface area contributed by atoms with E-state index < -0.39 is 0 Å². The fourth-order valence-corrected chi connectivity index (χ4v) is 4.44. The number of carbonyl (C=O) groups excluding carboxylic acids is 1. The van der Waals surface area contributed by atoms with Gasteiger partial charge < -0.3 is 19.7 Å². The second-order valence-electron chi connectivity index (χ2n) is 8.29. The maximum Gasteiger partial charge on any atom is 0.322 e. The highest BCUT2D eigenvalue weighted by Crippen LogP contribution is 2.47.